The molecule has 0 heterocycles. The summed E-state index contributed by atoms with van der Waals surface area (Å²) in [7, 11) is 0. The zero-order valence-electron chi connectivity index (χ0n) is 10.5. The average molecular weight is 359 g/mol. The van der Waals surface area contributed by atoms with Crippen molar-refractivity contribution in [3.8, 4) is 0 Å². The maximum atomic E-state index is 13.5. The van der Waals surface area contributed by atoms with Crippen molar-refractivity contribution in [1.29, 1.82) is 0 Å². The Hall–Kier alpha value is -0.910. The first kappa shape index (κ1) is 15.5. The van der Waals surface area contributed by atoms with Crippen molar-refractivity contribution < 1.29 is 13.9 Å². The minimum Gasteiger partial charge on any atom is -0.392 e. The van der Waals surface area contributed by atoms with Gasteiger partial charge in [0.15, 0.2) is 0 Å². The van der Waals surface area contributed by atoms with Crippen molar-refractivity contribution in [2.75, 3.05) is 5.75 Å². The fraction of sp³-hybridized carbons (Fsp3) is 0.200. The number of thioether (sulfide) groups is 1. The number of hydrogen-bond acceptors (Lipinski definition) is 2. The number of rotatable bonds is 5. The van der Waals surface area contributed by atoms with Crippen molar-refractivity contribution in [3.63, 3.8) is 0 Å². The van der Waals surface area contributed by atoms with Gasteiger partial charge in [0.2, 0.25) is 0 Å². The second-order valence-corrected chi connectivity index (χ2v) is 6.34. The first-order valence-corrected chi connectivity index (χ1v) is 7.83. The second kappa shape index (κ2) is 7.20. The Morgan fingerprint density at radius 3 is 2.40 bits per heavy atom. The Balaban J connectivity index is 1.94. The Labute approximate surface area is 129 Å². The van der Waals surface area contributed by atoms with Crippen molar-refractivity contribution in [3.05, 3.63) is 64.1 Å². The van der Waals surface area contributed by atoms with Crippen LogP contribution in [0.2, 0.25) is 0 Å². The third-order valence-electron chi connectivity index (χ3n) is 2.74. The molecule has 2 aromatic carbocycles. The van der Waals surface area contributed by atoms with Crippen LogP contribution in [-0.2, 0) is 6.42 Å². The van der Waals surface area contributed by atoms with Gasteiger partial charge in [-0.3, -0.25) is 0 Å². The topological polar surface area (TPSA) is 20.2 Å². The summed E-state index contributed by atoms with van der Waals surface area (Å²) in [6, 6.07) is 11.4. The predicted octanol–water partition coefficient (Wildman–Crippen LogP) is 4.42. The molecule has 0 saturated carbocycles. The molecule has 0 spiro atoms. The molecule has 0 aliphatic rings. The number of aliphatic hydroxyl groups is 1. The summed E-state index contributed by atoms with van der Waals surface area (Å²) in [6.45, 7) is 0. The maximum Gasteiger partial charge on any atom is 0.129 e. The average Bonchev–Trinajstić information content (AvgIpc) is 2.41. The largest absolute Gasteiger partial charge is 0.392 e. The van der Waals surface area contributed by atoms with Crippen LogP contribution in [0.5, 0.6) is 0 Å². The maximum absolute atomic E-state index is 13.5. The molecule has 106 valence electrons. The van der Waals surface area contributed by atoms with Gasteiger partial charge in [0.25, 0.3) is 0 Å². The van der Waals surface area contributed by atoms with Crippen LogP contribution in [0.4, 0.5) is 8.78 Å². The molecule has 1 unspecified atom stereocenters. The lowest BCUT2D eigenvalue weighted by atomic mass is 10.1. The van der Waals surface area contributed by atoms with Gasteiger partial charge in [-0.1, -0.05) is 28.1 Å². The monoisotopic (exact) mass is 358 g/mol. The highest BCUT2D eigenvalue weighted by Gasteiger charge is 2.14. The third-order valence-corrected chi connectivity index (χ3v) is 4.37. The highest BCUT2D eigenvalue weighted by molar-refractivity contribution is 9.10. The molecule has 0 aliphatic carbocycles. The van der Waals surface area contributed by atoms with Gasteiger partial charge in [0.05, 0.1) is 6.10 Å². The normalized spacial score (nSPS) is 12.4. The van der Waals surface area contributed by atoms with Gasteiger partial charge >= 0.3 is 0 Å². The summed E-state index contributed by atoms with van der Waals surface area (Å²) < 4.78 is 27.9. The van der Waals surface area contributed by atoms with E-state index in [1.54, 1.807) is 0 Å². The number of benzene rings is 2. The van der Waals surface area contributed by atoms with Gasteiger partial charge in [-0.05, 0) is 30.3 Å². The summed E-state index contributed by atoms with van der Waals surface area (Å²) in [5, 5.41) is 9.92. The van der Waals surface area contributed by atoms with Crippen LogP contribution in [0.15, 0.2) is 51.8 Å². The lowest BCUT2D eigenvalue weighted by Gasteiger charge is -2.12. The molecule has 2 aromatic rings. The highest BCUT2D eigenvalue weighted by atomic mass is 79.9. The van der Waals surface area contributed by atoms with Gasteiger partial charge in [0, 0.05) is 27.1 Å². The fourth-order valence-electron chi connectivity index (χ4n) is 1.77. The number of aliphatic hydroxyl groups excluding tert-OH is 1. The van der Waals surface area contributed by atoms with E-state index >= 15 is 0 Å². The van der Waals surface area contributed by atoms with E-state index < -0.39 is 17.7 Å². The van der Waals surface area contributed by atoms with Crippen molar-refractivity contribution in [2.45, 2.75) is 17.4 Å². The first-order chi connectivity index (χ1) is 9.56. The molecule has 0 bridgehead atoms. The predicted molar refractivity (Wildman–Crippen MR) is 80.9 cm³/mol. The Morgan fingerprint density at radius 1 is 1.10 bits per heavy atom. The summed E-state index contributed by atoms with van der Waals surface area (Å²) >= 11 is 4.82. The third kappa shape index (κ3) is 4.30. The fourth-order valence-corrected chi connectivity index (χ4v) is 3.21. The lowest BCUT2D eigenvalue weighted by Crippen LogP contribution is -2.15. The minimum absolute atomic E-state index is 0.0283. The molecule has 5 heteroatoms. The van der Waals surface area contributed by atoms with Crippen LogP contribution in [0, 0.1) is 11.6 Å². The SMILES string of the molecule is OC(CSc1cccc(Br)c1)Cc1c(F)cccc1F. The van der Waals surface area contributed by atoms with E-state index in [2.05, 4.69) is 15.9 Å². The van der Waals surface area contributed by atoms with Gasteiger partial charge < -0.3 is 5.11 Å². The Morgan fingerprint density at radius 2 is 1.75 bits per heavy atom. The van der Waals surface area contributed by atoms with E-state index in [1.165, 1.54) is 30.0 Å². The molecule has 1 atom stereocenters. The van der Waals surface area contributed by atoms with Crippen LogP contribution in [0.25, 0.3) is 0 Å². The van der Waals surface area contributed by atoms with Gasteiger partial charge in [0.1, 0.15) is 11.6 Å². The lowest BCUT2D eigenvalue weighted by molar-refractivity contribution is 0.197. The quantitative estimate of drug-likeness (QED) is 0.798. The van der Waals surface area contributed by atoms with E-state index in [-0.39, 0.29) is 12.0 Å². The van der Waals surface area contributed by atoms with E-state index in [4.69, 9.17) is 0 Å². The van der Waals surface area contributed by atoms with E-state index in [0.717, 1.165) is 9.37 Å². The van der Waals surface area contributed by atoms with Gasteiger partial charge in [-0.15, -0.1) is 11.8 Å². The van der Waals surface area contributed by atoms with Crippen LogP contribution >= 0.6 is 27.7 Å². The molecule has 0 aromatic heterocycles. The van der Waals surface area contributed by atoms with Gasteiger partial charge in [-0.2, -0.15) is 0 Å². The summed E-state index contributed by atoms with van der Waals surface area (Å²) in [6.07, 6.45) is -0.829. The van der Waals surface area contributed by atoms with Crippen LogP contribution < -0.4 is 0 Å². The molecular weight excluding hydrogens is 346 g/mol. The summed E-state index contributed by atoms with van der Waals surface area (Å²) in [5.74, 6) is -0.849. The molecule has 0 amide bonds. The molecular formula is C15H13BrF2OS. The Kier molecular flexibility index (Phi) is 5.57. The Bertz CT molecular complexity index is 572. The zero-order valence-corrected chi connectivity index (χ0v) is 12.9. The molecule has 0 saturated heterocycles. The van der Waals surface area contributed by atoms with Crippen LogP contribution in [0.1, 0.15) is 5.56 Å². The zero-order chi connectivity index (χ0) is 14.5. The van der Waals surface area contributed by atoms with Crippen molar-refractivity contribution >= 4 is 27.7 Å². The highest BCUT2D eigenvalue weighted by Crippen LogP contribution is 2.24. The smallest absolute Gasteiger partial charge is 0.129 e. The van der Waals surface area contributed by atoms with E-state index in [0.29, 0.717) is 5.75 Å². The molecule has 1 N–H and O–H groups in total. The van der Waals surface area contributed by atoms with E-state index in [9.17, 15) is 13.9 Å². The first-order valence-electron chi connectivity index (χ1n) is 6.05. The molecule has 1 nitrogen and oxygen atoms in total. The molecule has 0 fully saturated rings. The summed E-state index contributed by atoms with van der Waals surface area (Å²) in [5.41, 5.74) is -0.0603. The standard InChI is InChI=1S/C15H13BrF2OS/c16-10-3-1-4-12(7-10)20-9-11(19)8-13-14(17)5-2-6-15(13)18/h1-7,11,19H,8-9H2. The minimum atomic E-state index is -0.801. The van der Waals surface area contributed by atoms with Gasteiger partial charge in [-0.25, -0.2) is 8.78 Å². The van der Waals surface area contributed by atoms with Crippen LogP contribution in [0.3, 0.4) is 0 Å². The molecule has 0 aliphatic heterocycles. The van der Waals surface area contributed by atoms with Crippen molar-refractivity contribution in [1.82, 2.24) is 0 Å². The number of halogens is 3. The van der Waals surface area contributed by atoms with E-state index in [1.807, 2.05) is 24.3 Å². The molecule has 0 radical (unpaired) electrons. The summed E-state index contributed by atoms with van der Waals surface area (Å²) in [4.78, 5) is 0.993. The van der Waals surface area contributed by atoms with Crippen LogP contribution in [-0.4, -0.2) is 17.0 Å². The molecule has 20 heavy (non-hydrogen) atoms. The number of hydrogen-bond donors (Lipinski definition) is 1. The molecule has 2 rings (SSSR count). The second-order valence-electron chi connectivity index (χ2n) is 4.33. The van der Waals surface area contributed by atoms with Crippen molar-refractivity contribution in [2.24, 2.45) is 0 Å².